The van der Waals surface area contributed by atoms with Crippen molar-refractivity contribution in [1.29, 1.82) is 0 Å². The lowest BCUT2D eigenvalue weighted by molar-refractivity contribution is -0.684. The number of nitrogens with zero attached hydrogens (tertiary/aromatic N) is 3. The molecule has 0 bridgehead atoms. The SMILES string of the molecule is Cc1cc(CNC(=O)C[n+]2ccccc2)c(O)c(N=Nc2ccccc2N)c1. The Morgan fingerprint density at radius 2 is 1.79 bits per heavy atom. The van der Waals surface area contributed by atoms with Crippen molar-refractivity contribution in [2.45, 2.75) is 20.0 Å². The minimum Gasteiger partial charge on any atom is -0.505 e. The number of aromatic hydroxyl groups is 1. The number of nitrogens with two attached hydrogens (primary N) is 1. The van der Waals surface area contributed by atoms with Crippen molar-refractivity contribution in [3.05, 3.63) is 78.1 Å². The molecule has 1 aromatic heterocycles. The number of anilines is 1. The van der Waals surface area contributed by atoms with Gasteiger partial charge in [0.15, 0.2) is 12.4 Å². The van der Waals surface area contributed by atoms with Crippen molar-refractivity contribution in [2.75, 3.05) is 5.73 Å². The van der Waals surface area contributed by atoms with E-state index >= 15 is 0 Å². The summed E-state index contributed by atoms with van der Waals surface area (Å²) >= 11 is 0. The van der Waals surface area contributed by atoms with Gasteiger partial charge < -0.3 is 16.2 Å². The quantitative estimate of drug-likeness (QED) is 0.349. The Kier molecular flexibility index (Phi) is 5.96. The maximum absolute atomic E-state index is 12.1. The lowest BCUT2D eigenvalue weighted by Crippen LogP contribution is -2.41. The van der Waals surface area contributed by atoms with Gasteiger partial charge in [-0.15, -0.1) is 10.2 Å². The highest BCUT2D eigenvalue weighted by atomic mass is 16.3. The smallest absolute Gasteiger partial charge is 0.286 e. The summed E-state index contributed by atoms with van der Waals surface area (Å²) in [4.78, 5) is 12.1. The summed E-state index contributed by atoms with van der Waals surface area (Å²) in [6, 6.07) is 16.2. The van der Waals surface area contributed by atoms with Crippen LogP contribution < -0.4 is 15.6 Å². The molecule has 0 aliphatic heterocycles. The fourth-order valence-corrected chi connectivity index (χ4v) is 2.69. The molecule has 4 N–H and O–H groups in total. The second kappa shape index (κ2) is 8.77. The number of hydrogen-bond donors (Lipinski definition) is 3. The van der Waals surface area contributed by atoms with E-state index in [4.69, 9.17) is 5.73 Å². The summed E-state index contributed by atoms with van der Waals surface area (Å²) in [5.41, 5.74) is 8.68. The molecule has 7 heteroatoms. The number of nitrogens with one attached hydrogen (secondary N) is 1. The molecule has 1 heterocycles. The van der Waals surface area contributed by atoms with Crippen LogP contribution in [0.1, 0.15) is 11.1 Å². The van der Waals surface area contributed by atoms with Crippen molar-refractivity contribution in [1.82, 2.24) is 5.32 Å². The molecule has 0 spiro atoms. The van der Waals surface area contributed by atoms with E-state index in [2.05, 4.69) is 15.5 Å². The Balaban J connectivity index is 1.72. The molecule has 1 amide bonds. The molecular formula is C21H22N5O2+. The van der Waals surface area contributed by atoms with Crippen molar-refractivity contribution < 1.29 is 14.5 Å². The Hall–Kier alpha value is -3.74. The first-order chi connectivity index (χ1) is 13.5. The Morgan fingerprint density at radius 3 is 2.54 bits per heavy atom. The summed E-state index contributed by atoms with van der Waals surface area (Å²) in [5.74, 6) is -0.172. The summed E-state index contributed by atoms with van der Waals surface area (Å²) in [6.07, 6.45) is 3.63. The van der Waals surface area contributed by atoms with Crippen LogP contribution >= 0.6 is 0 Å². The van der Waals surface area contributed by atoms with Gasteiger partial charge in [0.1, 0.15) is 17.1 Å². The van der Waals surface area contributed by atoms with Crippen molar-refractivity contribution in [2.24, 2.45) is 10.2 Å². The number of amides is 1. The molecule has 3 aromatic rings. The van der Waals surface area contributed by atoms with E-state index in [1.165, 1.54) is 0 Å². The van der Waals surface area contributed by atoms with Crippen LogP contribution in [0.15, 0.2) is 77.2 Å². The number of aryl methyl sites for hydroxylation is 1. The van der Waals surface area contributed by atoms with Crippen LogP contribution in [-0.4, -0.2) is 11.0 Å². The highest BCUT2D eigenvalue weighted by Gasteiger charge is 2.12. The third kappa shape index (κ3) is 4.91. The van der Waals surface area contributed by atoms with Gasteiger partial charge in [0.2, 0.25) is 6.54 Å². The Bertz CT molecular complexity index is 1000. The van der Waals surface area contributed by atoms with Gasteiger partial charge in [-0.1, -0.05) is 24.3 Å². The number of azo groups is 1. The Labute approximate surface area is 163 Å². The number of phenols is 1. The maximum atomic E-state index is 12.1. The van der Waals surface area contributed by atoms with Crippen LogP contribution in [0.3, 0.4) is 0 Å². The average molecular weight is 376 g/mol. The number of carbonyl (C=O) groups is 1. The zero-order valence-corrected chi connectivity index (χ0v) is 15.5. The molecule has 0 radical (unpaired) electrons. The molecule has 0 aliphatic carbocycles. The number of phenolic OH excluding ortho intramolecular Hbond substituents is 1. The van der Waals surface area contributed by atoms with Crippen molar-refractivity contribution in [3.63, 3.8) is 0 Å². The molecule has 7 nitrogen and oxygen atoms in total. The van der Waals surface area contributed by atoms with E-state index in [1.54, 1.807) is 28.8 Å². The molecule has 0 atom stereocenters. The van der Waals surface area contributed by atoms with Gasteiger partial charge >= 0.3 is 0 Å². The zero-order chi connectivity index (χ0) is 19.9. The van der Waals surface area contributed by atoms with Crippen molar-refractivity contribution >= 4 is 23.0 Å². The van der Waals surface area contributed by atoms with Crippen LogP contribution in [0, 0.1) is 6.92 Å². The summed E-state index contributed by atoms with van der Waals surface area (Å²) in [5, 5.41) is 21.6. The number of carbonyl (C=O) groups excluding carboxylic acids is 1. The summed E-state index contributed by atoms with van der Waals surface area (Å²) in [7, 11) is 0. The van der Waals surface area contributed by atoms with Gasteiger partial charge in [0.25, 0.3) is 5.91 Å². The summed E-state index contributed by atoms with van der Waals surface area (Å²) in [6.45, 7) is 2.28. The number of nitrogen functional groups attached to an aromatic ring is 1. The molecule has 2 aromatic carbocycles. The number of benzene rings is 2. The predicted octanol–water partition coefficient (Wildman–Crippen LogP) is 3.30. The van der Waals surface area contributed by atoms with E-state index in [-0.39, 0.29) is 24.7 Å². The van der Waals surface area contributed by atoms with Gasteiger partial charge in [-0.2, -0.15) is 4.57 Å². The number of para-hydroxylation sites is 1. The largest absolute Gasteiger partial charge is 0.505 e. The van der Waals surface area contributed by atoms with Crippen LogP contribution in [-0.2, 0) is 17.9 Å². The normalized spacial score (nSPS) is 10.9. The minimum atomic E-state index is -0.155. The first-order valence-electron chi connectivity index (χ1n) is 8.82. The second-order valence-corrected chi connectivity index (χ2v) is 6.38. The zero-order valence-electron chi connectivity index (χ0n) is 15.5. The molecular weight excluding hydrogens is 354 g/mol. The molecule has 142 valence electrons. The maximum Gasteiger partial charge on any atom is 0.286 e. The Morgan fingerprint density at radius 1 is 1.07 bits per heavy atom. The van der Waals surface area contributed by atoms with Gasteiger partial charge in [0, 0.05) is 24.2 Å². The first kappa shape index (κ1) is 19.0. The lowest BCUT2D eigenvalue weighted by atomic mass is 10.1. The number of hydrogen-bond acceptors (Lipinski definition) is 5. The van der Waals surface area contributed by atoms with Gasteiger partial charge in [-0.25, -0.2) is 0 Å². The topological polar surface area (TPSA) is 104 Å². The van der Waals surface area contributed by atoms with Gasteiger partial charge in [-0.3, -0.25) is 4.79 Å². The van der Waals surface area contributed by atoms with Crippen LogP contribution in [0.4, 0.5) is 17.1 Å². The van der Waals surface area contributed by atoms with Crippen LogP contribution in [0.5, 0.6) is 5.75 Å². The lowest BCUT2D eigenvalue weighted by Gasteiger charge is -2.09. The van der Waals surface area contributed by atoms with Crippen LogP contribution in [0.25, 0.3) is 0 Å². The molecule has 28 heavy (non-hydrogen) atoms. The number of pyridine rings is 1. The predicted molar refractivity (Wildman–Crippen MR) is 106 cm³/mol. The highest BCUT2D eigenvalue weighted by molar-refractivity contribution is 5.74. The number of aromatic nitrogens is 1. The van der Waals surface area contributed by atoms with E-state index in [0.717, 1.165) is 5.56 Å². The van der Waals surface area contributed by atoms with E-state index in [9.17, 15) is 9.90 Å². The average Bonchev–Trinajstić information content (AvgIpc) is 2.69. The highest BCUT2D eigenvalue weighted by Crippen LogP contribution is 2.34. The standard InChI is InChI=1S/C21H21N5O2/c1-15-11-16(13-23-20(27)14-26-9-5-2-6-10-26)21(28)19(12-15)25-24-18-8-4-3-7-17(18)22/h2-12H,13-14H2,1H3,(H3-,22,23,24,25,27,28)/p+1. The fraction of sp³-hybridized carbons (Fsp3) is 0.143. The molecule has 0 saturated heterocycles. The molecule has 0 unspecified atom stereocenters. The third-order valence-electron chi connectivity index (χ3n) is 4.09. The van der Waals surface area contributed by atoms with Gasteiger partial charge in [0.05, 0.1) is 5.69 Å². The second-order valence-electron chi connectivity index (χ2n) is 6.38. The fourth-order valence-electron chi connectivity index (χ4n) is 2.69. The molecule has 0 fully saturated rings. The molecule has 3 rings (SSSR count). The first-order valence-corrected chi connectivity index (χ1v) is 8.82. The van der Waals surface area contributed by atoms with Gasteiger partial charge in [-0.05, 0) is 30.7 Å². The third-order valence-corrected chi connectivity index (χ3v) is 4.09. The minimum absolute atomic E-state index is 0.0171. The van der Waals surface area contributed by atoms with Crippen molar-refractivity contribution in [3.8, 4) is 5.75 Å². The molecule has 0 saturated carbocycles. The monoisotopic (exact) mass is 376 g/mol. The van der Waals surface area contributed by atoms with Crippen LogP contribution in [0.2, 0.25) is 0 Å². The van der Waals surface area contributed by atoms with E-state index < -0.39 is 0 Å². The number of rotatable bonds is 6. The molecule has 0 aliphatic rings. The van der Waals surface area contributed by atoms with E-state index in [1.807, 2.05) is 49.6 Å². The van der Waals surface area contributed by atoms with E-state index in [0.29, 0.717) is 22.6 Å². The summed E-state index contributed by atoms with van der Waals surface area (Å²) < 4.78 is 1.77.